The fourth-order valence-electron chi connectivity index (χ4n) is 1.17. The van der Waals surface area contributed by atoms with Gasteiger partial charge in [-0.15, -0.1) is 10.2 Å². The summed E-state index contributed by atoms with van der Waals surface area (Å²) in [6.07, 6.45) is -4.33. The van der Waals surface area contributed by atoms with Gasteiger partial charge in [-0.3, -0.25) is 4.79 Å². The molecule has 0 aliphatic heterocycles. The molecule has 1 amide bonds. The quantitative estimate of drug-likeness (QED) is 0.894. The molecule has 9 heteroatoms. The summed E-state index contributed by atoms with van der Waals surface area (Å²) in [5.41, 5.74) is -0.330. The van der Waals surface area contributed by atoms with Crippen molar-refractivity contribution in [3.8, 4) is 0 Å². The summed E-state index contributed by atoms with van der Waals surface area (Å²) in [6, 6.07) is 0. The molecule has 0 spiro atoms. The third-order valence-electron chi connectivity index (χ3n) is 1.81. The molecule has 0 bridgehead atoms. The molecule has 0 saturated carbocycles. The minimum Gasteiger partial charge on any atom is -0.360 e. The van der Waals surface area contributed by atoms with Gasteiger partial charge in [0.2, 0.25) is 16.0 Å². The van der Waals surface area contributed by atoms with Gasteiger partial charge in [-0.05, 0) is 20.8 Å². The van der Waals surface area contributed by atoms with Crippen molar-refractivity contribution in [3.63, 3.8) is 0 Å². The number of halogens is 3. The maximum atomic E-state index is 12.3. The van der Waals surface area contributed by atoms with E-state index >= 15 is 0 Å². The number of alkyl halides is 3. The Hall–Kier alpha value is -1.38. The number of carbonyl (C=O) groups excluding carboxylic acids is 1. The first-order valence-electron chi connectivity index (χ1n) is 5.53. The van der Waals surface area contributed by atoms with E-state index in [4.69, 9.17) is 0 Å². The van der Waals surface area contributed by atoms with Crippen LogP contribution in [0.15, 0.2) is 0 Å². The summed E-state index contributed by atoms with van der Waals surface area (Å²) in [7, 11) is 0. The molecular formula is C10H15F3N4OS. The van der Waals surface area contributed by atoms with E-state index in [2.05, 4.69) is 20.8 Å². The molecule has 1 aromatic heterocycles. The summed E-state index contributed by atoms with van der Waals surface area (Å²) in [4.78, 5) is 11.4. The standard InChI is InChI=1S/C10H15F3N4OS/c1-9(2,3)15-6(18)4-5-14-8-17-16-7(19-8)10(11,12)13/h4-5H2,1-3H3,(H,14,17)(H,15,18). The van der Waals surface area contributed by atoms with E-state index < -0.39 is 11.2 Å². The van der Waals surface area contributed by atoms with Gasteiger partial charge in [0.15, 0.2) is 0 Å². The van der Waals surface area contributed by atoms with Gasteiger partial charge in [0.25, 0.3) is 0 Å². The Bertz CT molecular complexity index is 439. The summed E-state index contributed by atoms with van der Waals surface area (Å²) in [5.74, 6) is -0.180. The highest BCUT2D eigenvalue weighted by Crippen LogP contribution is 2.32. The predicted octanol–water partition coefficient (Wildman–Crippen LogP) is 2.27. The number of carbonyl (C=O) groups is 1. The van der Waals surface area contributed by atoms with E-state index in [1.54, 1.807) is 0 Å². The van der Waals surface area contributed by atoms with Crippen LogP contribution in [0.4, 0.5) is 18.3 Å². The first-order chi connectivity index (χ1) is 8.58. The van der Waals surface area contributed by atoms with Crippen LogP contribution in [0.25, 0.3) is 0 Å². The van der Waals surface area contributed by atoms with Crippen LogP contribution in [0.1, 0.15) is 32.2 Å². The van der Waals surface area contributed by atoms with Gasteiger partial charge in [0.05, 0.1) is 0 Å². The molecule has 0 radical (unpaired) electrons. The smallest absolute Gasteiger partial charge is 0.360 e. The number of rotatable bonds is 4. The van der Waals surface area contributed by atoms with Gasteiger partial charge in [-0.1, -0.05) is 11.3 Å². The number of hydrogen-bond acceptors (Lipinski definition) is 5. The fourth-order valence-corrected chi connectivity index (χ4v) is 1.81. The number of nitrogens with one attached hydrogen (secondary N) is 2. The van der Waals surface area contributed by atoms with Crippen molar-refractivity contribution in [1.29, 1.82) is 0 Å². The van der Waals surface area contributed by atoms with Crippen LogP contribution in [0.5, 0.6) is 0 Å². The first kappa shape index (κ1) is 15.7. The molecule has 0 aromatic carbocycles. The Morgan fingerprint density at radius 3 is 2.37 bits per heavy atom. The monoisotopic (exact) mass is 296 g/mol. The van der Waals surface area contributed by atoms with Gasteiger partial charge in [0.1, 0.15) is 0 Å². The molecule has 5 nitrogen and oxygen atoms in total. The Balaban J connectivity index is 2.38. The molecule has 1 aromatic rings. The Labute approximate surface area is 112 Å². The lowest BCUT2D eigenvalue weighted by Crippen LogP contribution is -2.41. The second-order valence-corrected chi connectivity index (χ2v) is 5.86. The molecule has 1 heterocycles. The molecular weight excluding hydrogens is 281 g/mol. The zero-order chi connectivity index (χ0) is 14.7. The fraction of sp³-hybridized carbons (Fsp3) is 0.700. The van der Waals surface area contributed by atoms with E-state index in [1.165, 1.54) is 0 Å². The minimum absolute atomic E-state index is 0.0517. The van der Waals surface area contributed by atoms with Crippen molar-refractivity contribution in [2.45, 2.75) is 38.9 Å². The summed E-state index contributed by atoms with van der Waals surface area (Å²) in [6.45, 7) is 5.74. The zero-order valence-corrected chi connectivity index (χ0v) is 11.6. The van der Waals surface area contributed by atoms with Crippen LogP contribution >= 0.6 is 11.3 Å². The molecule has 0 unspecified atom stereocenters. The highest BCUT2D eigenvalue weighted by molar-refractivity contribution is 7.15. The SMILES string of the molecule is CC(C)(C)NC(=O)CCNc1nnc(C(F)(F)F)s1. The van der Waals surface area contributed by atoms with Crippen LogP contribution in [-0.2, 0) is 11.0 Å². The molecule has 0 fully saturated rings. The van der Waals surface area contributed by atoms with E-state index in [-0.39, 0.29) is 29.5 Å². The van der Waals surface area contributed by atoms with Gasteiger partial charge >= 0.3 is 6.18 Å². The second-order valence-electron chi connectivity index (χ2n) is 4.89. The van der Waals surface area contributed by atoms with Crippen molar-refractivity contribution >= 4 is 22.4 Å². The molecule has 0 aliphatic carbocycles. The molecule has 0 aliphatic rings. The maximum absolute atomic E-state index is 12.3. The van der Waals surface area contributed by atoms with E-state index in [0.717, 1.165) is 0 Å². The topological polar surface area (TPSA) is 66.9 Å². The van der Waals surface area contributed by atoms with Crippen LogP contribution in [0.2, 0.25) is 0 Å². The van der Waals surface area contributed by atoms with Gasteiger partial charge < -0.3 is 10.6 Å². The number of anilines is 1. The van der Waals surface area contributed by atoms with Crippen molar-refractivity contribution in [2.75, 3.05) is 11.9 Å². The van der Waals surface area contributed by atoms with Gasteiger partial charge in [-0.2, -0.15) is 13.2 Å². The van der Waals surface area contributed by atoms with E-state index in [0.29, 0.717) is 11.3 Å². The number of hydrogen-bond donors (Lipinski definition) is 2. The number of nitrogens with zero attached hydrogens (tertiary/aromatic N) is 2. The average Bonchev–Trinajstić information content (AvgIpc) is 2.62. The number of amides is 1. The van der Waals surface area contributed by atoms with Crippen molar-refractivity contribution in [2.24, 2.45) is 0 Å². The lowest BCUT2D eigenvalue weighted by molar-refractivity contribution is -0.138. The van der Waals surface area contributed by atoms with Gasteiger partial charge in [-0.25, -0.2) is 0 Å². The van der Waals surface area contributed by atoms with Crippen LogP contribution < -0.4 is 10.6 Å². The summed E-state index contributed by atoms with van der Waals surface area (Å²) in [5, 5.41) is 10.8. The first-order valence-corrected chi connectivity index (χ1v) is 6.35. The Morgan fingerprint density at radius 2 is 1.89 bits per heavy atom. The van der Waals surface area contributed by atoms with E-state index in [9.17, 15) is 18.0 Å². The lowest BCUT2D eigenvalue weighted by atomic mass is 10.1. The van der Waals surface area contributed by atoms with Crippen LogP contribution in [0, 0.1) is 0 Å². The van der Waals surface area contributed by atoms with Crippen LogP contribution in [0.3, 0.4) is 0 Å². The minimum atomic E-state index is -4.48. The van der Waals surface area contributed by atoms with Crippen molar-refractivity contribution in [1.82, 2.24) is 15.5 Å². The summed E-state index contributed by atoms with van der Waals surface area (Å²) < 4.78 is 36.8. The summed E-state index contributed by atoms with van der Waals surface area (Å²) >= 11 is 0.415. The lowest BCUT2D eigenvalue weighted by Gasteiger charge is -2.20. The third kappa shape index (κ3) is 5.86. The molecule has 108 valence electrons. The maximum Gasteiger partial charge on any atom is 0.445 e. The highest BCUT2D eigenvalue weighted by Gasteiger charge is 2.35. The molecule has 1 rings (SSSR count). The Kier molecular flexibility index (Phi) is 4.72. The van der Waals surface area contributed by atoms with Gasteiger partial charge in [0, 0.05) is 18.5 Å². The highest BCUT2D eigenvalue weighted by atomic mass is 32.1. The van der Waals surface area contributed by atoms with Crippen LogP contribution in [-0.4, -0.2) is 28.2 Å². The molecule has 2 N–H and O–H groups in total. The molecule has 19 heavy (non-hydrogen) atoms. The molecule has 0 atom stereocenters. The number of aromatic nitrogens is 2. The largest absolute Gasteiger partial charge is 0.445 e. The second kappa shape index (κ2) is 5.72. The third-order valence-corrected chi connectivity index (χ3v) is 2.74. The normalized spacial score (nSPS) is 12.3. The average molecular weight is 296 g/mol. The Morgan fingerprint density at radius 1 is 1.26 bits per heavy atom. The molecule has 0 saturated heterocycles. The van der Waals surface area contributed by atoms with Crippen molar-refractivity contribution < 1.29 is 18.0 Å². The van der Waals surface area contributed by atoms with E-state index in [1.807, 2.05) is 20.8 Å². The zero-order valence-electron chi connectivity index (χ0n) is 10.8. The van der Waals surface area contributed by atoms with Crippen molar-refractivity contribution in [3.05, 3.63) is 5.01 Å². The predicted molar refractivity (Wildman–Crippen MR) is 65.9 cm³/mol.